The summed E-state index contributed by atoms with van der Waals surface area (Å²) in [7, 11) is 1.97. The number of halogens is 1. The van der Waals surface area contributed by atoms with Gasteiger partial charge in [-0.25, -0.2) is 4.39 Å². The molecular weight excluding hydrogens is 177 g/mol. The van der Waals surface area contributed by atoms with Gasteiger partial charge in [-0.1, -0.05) is 18.6 Å². The summed E-state index contributed by atoms with van der Waals surface area (Å²) >= 11 is 0. The highest BCUT2D eigenvalue weighted by Gasteiger charge is 1.94. The number of aryl methyl sites for hydroxylation is 1. The second-order valence-corrected chi connectivity index (χ2v) is 3.54. The minimum Gasteiger partial charge on any atom is -0.320 e. The molecule has 0 aliphatic heterocycles. The molecule has 1 aromatic carbocycles. The largest absolute Gasteiger partial charge is 0.320 e. The van der Waals surface area contributed by atoms with Crippen LogP contribution in [0.25, 0.3) is 0 Å². The normalized spacial score (nSPS) is 10.4. The second-order valence-electron chi connectivity index (χ2n) is 3.54. The first-order valence-corrected chi connectivity index (χ1v) is 5.22. The maximum absolute atomic E-state index is 12.6. The van der Waals surface area contributed by atoms with Crippen molar-refractivity contribution < 1.29 is 4.39 Å². The van der Waals surface area contributed by atoms with Crippen LogP contribution in [0.5, 0.6) is 0 Å². The van der Waals surface area contributed by atoms with Gasteiger partial charge in [-0.15, -0.1) is 0 Å². The molecule has 1 aromatic rings. The highest BCUT2D eigenvalue weighted by Crippen LogP contribution is 2.07. The minimum absolute atomic E-state index is 0.149. The Kier molecular flexibility index (Phi) is 5.23. The minimum atomic E-state index is -0.149. The van der Waals surface area contributed by atoms with E-state index < -0.39 is 0 Å². The third-order valence-electron chi connectivity index (χ3n) is 2.31. The SMILES string of the molecule is CNCCCCCc1ccc(F)cc1. The Labute approximate surface area is 85.3 Å². The molecule has 0 atom stereocenters. The van der Waals surface area contributed by atoms with Crippen LogP contribution in [-0.2, 0) is 6.42 Å². The summed E-state index contributed by atoms with van der Waals surface area (Å²) in [6.45, 7) is 1.09. The van der Waals surface area contributed by atoms with E-state index in [0.29, 0.717) is 0 Å². The van der Waals surface area contributed by atoms with Crippen LogP contribution in [0.3, 0.4) is 0 Å². The zero-order valence-electron chi connectivity index (χ0n) is 8.72. The molecule has 0 saturated heterocycles. The van der Waals surface area contributed by atoms with E-state index in [0.717, 1.165) is 13.0 Å². The van der Waals surface area contributed by atoms with Gasteiger partial charge in [0.2, 0.25) is 0 Å². The summed E-state index contributed by atoms with van der Waals surface area (Å²) in [5.74, 6) is -0.149. The van der Waals surface area contributed by atoms with Crippen LogP contribution < -0.4 is 5.32 Å². The third-order valence-corrected chi connectivity index (χ3v) is 2.31. The van der Waals surface area contributed by atoms with E-state index in [-0.39, 0.29) is 5.82 Å². The number of hydrogen-bond donors (Lipinski definition) is 1. The Balaban J connectivity index is 2.15. The van der Waals surface area contributed by atoms with Crippen LogP contribution in [0.4, 0.5) is 4.39 Å². The van der Waals surface area contributed by atoms with E-state index in [1.54, 1.807) is 0 Å². The van der Waals surface area contributed by atoms with Crippen LogP contribution in [-0.4, -0.2) is 13.6 Å². The molecule has 0 amide bonds. The number of unbranched alkanes of at least 4 members (excludes halogenated alkanes) is 2. The van der Waals surface area contributed by atoms with Gasteiger partial charge < -0.3 is 5.32 Å². The Bertz CT molecular complexity index is 243. The average Bonchev–Trinajstić information content (AvgIpc) is 2.21. The fourth-order valence-corrected chi connectivity index (χ4v) is 1.46. The molecule has 1 N–H and O–H groups in total. The lowest BCUT2D eigenvalue weighted by Crippen LogP contribution is -2.07. The van der Waals surface area contributed by atoms with Gasteiger partial charge in [-0.2, -0.15) is 0 Å². The van der Waals surface area contributed by atoms with E-state index in [2.05, 4.69) is 5.32 Å². The Hall–Kier alpha value is -0.890. The second kappa shape index (κ2) is 6.55. The molecule has 0 radical (unpaired) electrons. The van der Waals surface area contributed by atoms with Gasteiger partial charge in [0.1, 0.15) is 5.82 Å². The summed E-state index contributed by atoms with van der Waals surface area (Å²) in [6.07, 6.45) is 4.70. The van der Waals surface area contributed by atoms with Crippen molar-refractivity contribution in [2.75, 3.05) is 13.6 Å². The predicted octanol–water partition coefficient (Wildman–Crippen LogP) is 2.76. The summed E-state index contributed by atoms with van der Waals surface area (Å²) in [5.41, 5.74) is 1.23. The lowest BCUT2D eigenvalue weighted by molar-refractivity contribution is 0.623. The molecular formula is C12H18FN. The van der Waals surface area contributed by atoms with Crippen molar-refractivity contribution in [3.63, 3.8) is 0 Å². The topological polar surface area (TPSA) is 12.0 Å². The van der Waals surface area contributed by atoms with Gasteiger partial charge in [-0.05, 0) is 50.6 Å². The molecule has 1 nitrogen and oxygen atoms in total. The molecule has 0 aliphatic rings. The first kappa shape index (κ1) is 11.2. The fourth-order valence-electron chi connectivity index (χ4n) is 1.46. The van der Waals surface area contributed by atoms with Crippen molar-refractivity contribution >= 4 is 0 Å². The smallest absolute Gasteiger partial charge is 0.123 e. The third kappa shape index (κ3) is 4.38. The highest BCUT2D eigenvalue weighted by atomic mass is 19.1. The zero-order chi connectivity index (χ0) is 10.2. The van der Waals surface area contributed by atoms with Crippen molar-refractivity contribution in [2.45, 2.75) is 25.7 Å². The Morgan fingerprint density at radius 1 is 1.07 bits per heavy atom. The fraction of sp³-hybridized carbons (Fsp3) is 0.500. The molecule has 0 bridgehead atoms. The van der Waals surface area contributed by atoms with Crippen LogP contribution in [0.1, 0.15) is 24.8 Å². The number of benzene rings is 1. The van der Waals surface area contributed by atoms with E-state index in [9.17, 15) is 4.39 Å². The first-order valence-electron chi connectivity index (χ1n) is 5.22. The molecule has 0 heterocycles. The molecule has 0 fully saturated rings. The van der Waals surface area contributed by atoms with E-state index in [1.165, 1.54) is 37.0 Å². The summed E-state index contributed by atoms with van der Waals surface area (Å²) in [6, 6.07) is 6.80. The molecule has 0 saturated carbocycles. The standard InChI is InChI=1S/C12H18FN/c1-14-10-4-2-3-5-11-6-8-12(13)9-7-11/h6-9,14H,2-5,10H2,1H3. The Morgan fingerprint density at radius 3 is 2.43 bits per heavy atom. The lowest BCUT2D eigenvalue weighted by atomic mass is 10.1. The molecule has 0 aliphatic carbocycles. The predicted molar refractivity (Wildman–Crippen MR) is 57.9 cm³/mol. The number of nitrogens with one attached hydrogen (secondary N) is 1. The van der Waals surface area contributed by atoms with E-state index >= 15 is 0 Å². The molecule has 1 rings (SSSR count). The highest BCUT2D eigenvalue weighted by molar-refractivity contribution is 5.15. The Morgan fingerprint density at radius 2 is 1.79 bits per heavy atom. The van der Waals surface area contributed by atoms with Crippen LogP contribution >= 0.6 is 0 Å². The van der Waals surface area contributed by atoms with Crippen LogP contribution in [0.15, 0.2) is 24.3 Å². The summed E-state index contributed by atoms with van der Waals surface area (Å²) < 4.78 is 12.6. The van der Waals surface area contributed by atoms with Crippen LogP contribution in [0, 0.1) is 5.82 Å². The lowest BCUT2D eigenvalue weighted by Gasteiger charge is -2.01. The molecule has 14 heavy (non-hydrogen) atoms. The monoisotopic (exact) mass is 195 g/mol. The average molecular weight is 195 g/mol. The molecule has 0 spiro atoms. The number of rotatable bonds is 6. The van der Waals surface area contributed by atoms with Gasteiger partial charge in [0.15, 0.2) is 0 Å². The van der Waals surface area contributed by atoms with Crippen molar-refractivity contribution in [3.8, 4) is 0 Å². The van der Waals surface area contributed by atoms with Gasteiger partial charge >= 0.3 is 0 Å². The number of hydrogen-bond acceptors (Lipinski definition) is 1. The van der Waals surface area contributed by atoms with Crippen molar-refractivity contribution in [1.29, 1.82) is 0 Å². The van der Waals surface area contributed by atoms with E-state index in [4.69, 9.17) is 0 Å². The molecule has 2 heteroatoms. The van der Waals surface area contributed by atoms with Crippen molar-refractivity contribution in [2.24, 2.45) is 0 Å². The first-order chi connectivity index (χ1) is 6.83. The van der Waals surface area contributed by atoms with Gasteiger partial charge in [-0.3, -0.25) is 0 Å². The zero-order valence-corrected chi connectivity index (χ0v) is 8.72. The van der Waals surface area contributed by atoms with Gasteiger partial charge in [0.05, 0.1) is 0 Å². The van der Waals surface area contributed by atoms with Gasteiger partial charge in [0.25, 0.3) is 0 Å². The molecule has 0 unspecified atom stereocenters. The van der Waals surface area contributed by atoms with Gasteiger partial charge in [0, 0.05) is 0 Å². The maximum atomic E-state index is 12.6. The van der Waals surface area contributed by atoms with Crippen molar-refractivity contribution in [1.82, 2.24) is 5.32 Å². The summed E-state index contributed by atoms with van der Waals surface area (Å²) in [4.78, 5) is 0. The maximum Gasteiger partial charge on any atom is 0.123 e. The van der Waals surface area contributed by atoms with Crippen LogP contribution in [0.2, 0.25) is 0 Å². The van der Waals surface area contributed by atoms with Crippen molar-refractivity contribution in [3.05, 3.63) is 35.6 Å². The molecule has 78 valence electrons. The molecule has 0 aromatic heterocycles. The summed E-state index contributed by atoms with van der Waals surface area (Å²) in [5, 5.41) is 3.12. The van der Waals surface area contributed by atoms with E-state index in [1.807, 2.05) is 19.2 Å². The quantitative estimate of drug-likeness (QED) is 0.688.